The van der Waals surface area contributed by atoms with Crippen LogP contribution in [0.5, 0.6) is 0 Å². The van der Waals surface area contributed by atoms with Crippen LogP contribution in [0.25, 0.3) is 65.4 Å². The quantitative estimate of drug-likeness (QED) is 0.189. The smallest absolute Gasteiger partial charge is 0.00678 e. The molecule has 44 heavy (non-hydrogen) atoms. The fraction of sp³-hybridized carbons (Fsp3) is 0.0455. The van der Waals surface area contributed by atoms with Crippen molar-refractivity contribution in [3.05, 3.63) is 181 Å². The monoisotopic (exact) mass is 558 g/mol. The maximum Gasteiger partial charge on any atom is 0.00678 e. The number of benzene rings is 7. The summed E-state index contributed by atoms with van der Waals surface area (Å²) in [4.78, 5) is 0. The fourth-order valence-corrected chi connectivity index (χ4v) is 7.59. The summed E-state index contributed by atoms with van der Waals surface area (Å²) in [5.74, 6) is 0.337. The van der Waals surface area contributed by atoms with Crippen molar-refractivity contribution in [1.82, 2.24) is 0 Å². The molecular weight excluding hydrogens is 528 g/mol. The second kappa shape index (κ2) is 10.1. The molecule has 7 aromatic rings. The lowest BCUT2D eigenvalue weighted by molar-refractivity contribution is 0.797. The van der Waals surface area contributed by atoms with E-state index in [2.05, 4.69) is 164 Å². The van der Waals surface area contributed by atoms with Crippen molar-refractivity contribution in [3.8, 4) is 11.1 Å². The molecule has 206 valence electrons. The Hall–Kier alpha value is -5.46. The normalized spacial score (nSPS) is 16.2. The zero-order valence-corrected chi connectivity index (χ0v) is 24.4. The Morgan fingerprint density at radius 3 is 1.55 bits per heavy atom. The molecule has 0 heterocycles. The molecule has 2 aliphatic rings. The molecule has 2 aliphatic carbocycles. The first-order valence-electron chi connectivity index (χ1n) is 15.5. The molecule has 0 radical (unpaired) electrons. The third kappa shape index (κ3) is 3.92. The van der Waals surface area contributed by atoms with Crippen LogP contribution in [0, 0.1) is 5.92 Å². The van der Waals surface area contributed by atoms with Gasteiger partial charge in [-0.3, -0.25) is 0 Å². The highest BCUT2D eigenvalue weighted by Gasteiger charge is 2.24. The molecule has 9 rings (SSSR count). The molecule has 0 nitrogen and oxygen atoms in total. The van der Waals surface area contributed by atoms with Crippen LogP contribution < -0.4 is 0 Å². The molecule has 0 fully saturated rings. The average Bonchev–Trinajstić information content (AvgIpc) is 3.09. The van der Waals surface area contributed by atoms with E-state index in [-0.39, 0.29) is 0 Å². The summed E-state index contributed by atoms with van der Waals surface area (Å²) in [6.45, 7) is 0. The van der Waals surface area contributed by atoms with Crippen LogP contribution in [0.3, 0.4) is 0 Å². The van der Waals surface area contributed by atoms with Gasteiger partial charge in [0.15, 0.2) is 0 Å². The molecule has 7 aromatic carbocycles. The summed E-state index contributed by atoms with van der Waals surface area (Å²) in [5, 5.41) is 10.4. The minimum Gasteiger partial charge on any atom is -0.0688 e. The van der Waals surface area contributed by atoms with Gasteiger partial charge in [-0.2, -0.15) is 0 Å². The third-order valence-corrected chi connectivity index (χ3v) is 9.59. The summed E-state index contributed by atoms with van der Waals surface area (Å²) in [6, 6.07) is 48.9. The highest BCUT2D eigenvalue weighted by Crippen LogP contribution is 2.47. The Morgan fingerprint density at radius 2 is 0.909 bits per heavy atom. The third-order valence-electron chi connectivity index (χ3n) is 9.59. The maximum absolute atomic E-state index is 2.50. The number of fused-ring (bicyclic) bond motifs is 5. The van der Waals surface area contributed by atoms with E-state index in [1.165, 1.54) is 82.1 Å². The summed E-state index contributed by atoms with van der Waals surface area (Å²) < 4.78 is 0. The van der Waals surface area contributed by atoms with Crippen LogP contribution in [0.4, 0.5) is 0 Å². The molecule has 0 spiro atoms. The van der Waals surface area contributed by atoms with Crippen LogP contribution >= 0.6 is 0 Å². The van der Waals surface area contributed by atoms with Gasteiger partial charge in [0.1, 0.15) is 0 Å². The molecule has 0 heteroatoms. The number of allylic oxidation sites excluding steroid dienone is 8. The Morgan fingerprint density at radius 1 is 0.409 bits per heavy atom. The molecule has 0 aliphatic heterocycles. The average molecular weight is 559 g/mol. The topological polar surface area (TPSA) is 0 Å². The maximum atomic E-state index is 2.50. The first kappa shape index (κ1) is 25.1. The van der Waals surface area contributed by atoms with E-state index in [4.69, 9.17) is 0 Å². The van der Waals surface area contributed by atoms with Gasteiger partial charge in [0.2, 0.25) is 0 Å². The SMILES string of the molecule is C1=CC2=CC=C(c3c4ccccc4c(-c4cccc5ccccc45)c4ccccc34)CC2C=C1c1cccc2ccccc12. The second-order valence-electron chi connectivity index (χ2n) is 12.0. The van der Waals surface area contributed by atoms with E-state index in [1.807, 2.05) is 0 Å². The van der Waals surface area contributed by atoms with Crippen LogP contribution in [-0.2, 0) is 0 Å². The van der Waals surface area contributed by atoms with Crippen molar-refractivity contribution < 1.29 is 0 Å². The zero-order chi connectivity index (χ0) is 29.0. The fourth-order valence-electron chi connectivity index (χ4n) is 7.59. The van der Waals surface area contributed by atoms with Crippen molar-refractivity contribution in [2.24, 2.45) is 5.92 Å². The van der Waals surface area contributed by atoms with E-state index in [9.17, 15) is 0 Å². The summed E-state index contributed by atoms with van der Waals surface area (Å²) >= 11 is 0. The molecule has 1 unspecified atom stereocenters. The van der Waals surface area contributed by atoms with Crippen LogP contribution in [0.15, 0.2) is 169 Å². The first-order chi connectivity index (χ1) is 21.8. The molecule has 0 saturated carbocycles. The van der Waals surface area contributed by atoms with Crippen molar-refractivity contribution in [1.29, 1.82) is 0 Å². The second-order valence-corrected chi connectivity index (χ2v) is 12.0. The predicted octanol–water partition coefficient (Wildman–Crippen LogP) is 11.9. The van der Waals surface area contributed by atoms with Gasteiger partial charge in [0, 0.05) is 5.92 Å². The standard InChI is InChI=1S/C44H30/c1-3-15-35-30(11-1)13-9-21-37(35)32-25-23-29-24-26-33(28-34(29)27-32)43-39-17-5-7-19-41(39)44(42-20-8-6-18-40(42)43)38-22-10-14-31-12-2-4-16-36(31)38/h1-27,34H,28H2. The van der Waals surface area contributed by atoms with Gasteiger partial charge in [0.05, 0.1) is 0 Å². The minimum atomic E-state index is 0.337. The summed E-state index contributed by atoms with van der Waals surface area (Å²) in [5.41, 5.74) is 9.39. The van der Waals surface area contributed by atoms with E-state index >= 15 is 0 Å². The minimum absolute atomic E-state index is 0.337. The molecule has 0 N–H and O–H groups in total. The van der Waals surface area contributed by atoms with Gasteiger partial charge in [0.25, 0.3) is 0 Å². The van der Waals surface area contributed by atoms with Crippen molar-refractivity contribution in [2.45, 2.75) is 6.42 Å². The molecule has 0 amide bonds. The lowest BCUT2D eigenvalue weighted by Gasteiger charge is -2.27. The van der Waals surface area contributed by atoms with Gasteiger partial charge in [-0.05, 0) is 88.5 Å². The lowest BCUT2D eigenvalue weighted by Crippen LogP contribution is -2.09. The molecule has 0 aromatic heterocycles. The zero-order valence-electron chi connectivity index (χ0n) is 24.4. The van der Waals surface area contributed by atoms with Gasteiger partial charge >= 0.3 is 0 Å². The summed E-state index contributed by atoms with van der Waals surface area (Å²) in [7, 11) is 0. The molecular formula is C44H30. The predicted molar refractivity (Wildman–Crippen MR) is 190 cm³/mol. The van der Waals surface area contributed by atoms with E-state index in [0.29, 0.717) is 5.92 Å². The highest BCUT2D eigenvalue weighted by molar-refractivity contribution is 6.21. The van der Waals surface area contributed by atoms with Gasteiger partial charge < -0.3 is 0 Å². The van der Waals surface area contributed by atoms with Crippen molar-refractivity contribution >= 4 is 54.2 Å². The largest absolute Gasteiger partial charge is 0.0688 e. The Labute approximate surface area is 257 Å². The Balaban J connectivity index is 1.23. The van der Waals surface area contributed by atoms with E-state index in [0.717, 1.165) is 6.42 Å². The number of hydrogen-bond donors (Lipinski definition) is 0. The Bertz CT molecular complexity index is 2340. The van der Waals surface area contributed by atoms with Gasteiger partial charge in [-0.25, -0.2) is 0 Å². The van der Waals surface area contributed by atoms with Crippen molar-refractivity contribution in [2.75, 3.05) is 0 Å². The summed E-state index contributed by atoms with van der Waals surface area (Å²) in [6.07, 6.45) is 12.8. The first-order valence-corrected chi connectivity index (χ1v) is 15.5. The number of hydrogen-bond acceptors (Lipinski definition) is 0. The van der Waals surface area contributed by atoms with Crippen LogP contribution in [-0.4, -0.2) is 0 Å². The number of rotatable bonds is 3. The Kier molecular flexibility index (Phi) is 5.74. The van der Waals surface area contributed by atoms with E-state index < -0.39 is 0 Å². The van der Waals surface area contributed by atoms with Gasteiger partial charge in [-0.15, -0.1) is 0 Å². The highest BCUT2D eigenvalue weighted by atomic mass is 14.3. The lowest BCUT2D eigenvalue weighted by atomic mass is 9.77. The van der Waals surface area contributed by atoms with Crippen molar-refractivity contribution in [3.63, 3.8) is 0 Å². The molecule has 0 saturated heterocycles. The molecule has 0 bridgehead atoms. The molecule has 1 atom stereocenters. The van der Waals surface area contributed by atoms with Gasteiger partial charge in [-0.1, -0.05) is 164 Å². The van der Waals surface area contributed by atoms with Crippen LogP contribution in [0.1, 0.15) is 17.5 Å². The van der Waals surface area contributed by atoms with E-state index in [1.54, 1.807) is 0 Å². The van der Waals surface area contributed by atoms with Crippen LogP contribution in [0.2, 0.25) is 0 Å².